The van der Waals surface area contributed by atoms with Gasteiger partial charge >= 0.3 is 24.3 Å². The first-order chi connectivity index (χ1) is 27.3. The normalized spacial score (nSPS) is 15.3. The molecule has 15 nitrogen and oxygen atoms in total. The van der Waals surface area contributed by atoms with Crippen LogP contribution in [-0.4, -0.2) is 77.6 Å². The number of urea groups is 1. The summed E-state index contributed by atoms with van der Waals surface area (Å²) in [5, 5.41) is 11.5. The molecule has 0 aliphatic carbocycles. The molecule has 1 aliphatic heterocycles. The van der Waals surface area contributed by atoms with Crippen LogP contribution in [0, 0.1) is 0 Å². The number of ether oxygens (including phenoxy) is 4. The average molecular weight is 808 g/mol. The zero-order chi connectivity index (χ0) is 42.8. The molecule has 58 heavy (non-hydrogen) atoms. The quantitative estimate of drug-likeness (QED) is 0.0832. The number of carbonyl (C=O) groups excluding carboxylic acids is 4. The van der Waals surface area contributed by atoms with Gasteiger partial charge in [0.1, 0.15) is 29.2 Å². The number of guanidine groups is 2. The number of para-hydroxylation sites is 1. The standard InChI is InChI=1S/C43H65N7O8/c1-41(2,3)56-38(52)47-35(48-39(53)57-42(4,5)6)44-26-18-12-10-11-13-19-27-50-28-20-24-31-21-14-15-23-33(31)30-55-34-25-17-16-22-32(34)29-45-36(46-37(50)51)49-40(54)58-43(7,8)9/h14-17,21-23,25H,10-13,18-20,24,26-30H2,1-9H3,(H2,44,47,48,52,53)(H2,45,46,49,51,54). The number of hydrogen-bond acceptors (Lipinski definition) is 8. The minimum atomic E-state index is -0.827. The molecule has 3 rings (SSSR count). The fourth-order valence-corrected chi connectivity index (χ4v) is 5.74. The highest BCUT2D eigenvalue weighted by atomic mass is 16.6. The van der Waals surface area contributed by atoms with E-state index in [0.717, 1.165) is 62.5 Å². The van der Waals surface area contributed by atoms with E-state index in [-0.39, 0.29) is 24.5 Å². The molecule has 0 radical (unpaired) electrons. The molecule has 0 saturated heterocycles. The lowest BCUT2D eigenvalue weighted by Gasteiger charge is -2.24. The Morgan fingerprint density at radius 3 is 2.02 bits per heavy atom. The second kappa shape index (κ2) is 22.6. The number of hydrogen-bond donors (Lipinski definition) is 4. The van der Waals surface area contributed by atoms with Crippen LogP contribution in [0.5, 0.6) is 5.75 Å². The lowest BCUT2D eigenvalue weighted by Crippen LogP contribution is -2.48. The molecule has 1 aliphatic rings. The Labute approximate surface area is 344 Å². The molecule has 2 aromatic carbocycles. The SMILES string of the molecule is CC(C)(C)OC(=O)/N=C(/NCCCCCCCCN1CCCc2ccccc2COc2ccccc2CN/C(=N/C(=O)OC(C)(C)C)NC1=O)NC(=O)OC(C)(C)C. The van der Waals surface area contributed by atoms with Crippen molar-refractivity contribution < 1.29 is 38.1 Å². The molecular weight excluding hydrogens is 743 g/mol. The smallest absolute Gasteiger partial charge is 0.437 e. The summed E-state index contributed by atoms with van der Waals surface area (Å²) in [6, 6.07) is 15.4. The Morgan fingerprint density at radius 2 is 1.34 bits per heavy atom. The number of aliphatic imine (C=N–C) groups is 2. The Balaban J connectivity index is 1.61. The second-order valence-electron chi connectivity index (χ2n) is 17.1. The fourth-order valence-electron chi connectivity index (χ4n) is 5.74. The molecule has 0 aromatic heterocycles. The van der Waals surface area contributed by atoms with E-state index in [9.17, 15) is 19.2 Å². The molecule has 320 valence electrons. The summed E-state index contributed by atoms with van der Waals surface area (Å²) in [4.78, 5) is 61.0. The third-order valence-corrected chi connectivity index (χ3v) is 8.27. The minimum Gasteiger partial charge on any atom is -0.489 e. The number of fused-ring (bicyclic) bond motifs is 2. The molecule has 0 unspecified atom stereocenters. The van der Waals surface area contributed by atoms with Crippen LogP contribution in [-0.2, 0) is 33.8 Å². The zero-order valence-electron chi connectivity index (χ0n) is 35.9. The lowest BCUT2D eigenvalue weighted by atomic mass is 10.0. The molecular formula is C43H65N7O8. The Morgan fingerprint density at radius 1 is 0.759 bits per heavy atom. The van der Waals surface area contributed by atoms with E-state index in [2.05, 4.69) is 43.4 Å². The van der Waals surface area contributed by atoms with Gasteiger partial charge in [-0.05, 0) is 105 Å². The van der Waals surface area contributed by atoms with Gasteiger partial charge in [-0.3, -0.25) is 10.6 Å². The maximum absolute atomic E-state index is 13.8. The molecule has 4 N–H and O–H groups in total. The molecule has 15 heteroatoms. The zero-order valence-corrected chi connectivity index (χ0v) is 35.9. The summed E-state index contributed by atoms with van der Waals surface area (Å²) in [6.07, 6.45) is 4.34. The maximum atomic E-state index is 13.8. The molecule has 2 aromatic rings. The van der Waals surface area contributed by atoms with E-state index in [1.807, 2.05) is 36.4 Å². The number of nitrogens with zero attached hydrogens (tertiary/aromatic N) is 3. The van der Waals surface area contributed by atoms with Crippen LogP contribution in [0.25, 0.3) is 0 Å². The van der Waals surface area contributed by atoms with E-state index >= 15 is 0 Å². The summed E-state index contributed by atoms with van der Waals surface area (Å²) in [7, 11) is 0. The monoisotopic (exact) mass is 807 g/mol. The predicted molar refractivity (Wildman–Crippen MR) is 225 cm³/mol. The highest BCUT2D eigenvalue weighted by molar-refractivity contribution is 6.00. The van der Waals surface area contributed by atoms with Gasteiger partial charge in [-0.15, -0.1) is 9.98 Å². The van der Waals surface area contributed by atoms with Crippen LogP contribution in [0.3, 0.4) is 0 Å². The summed E-state index contributed by atoms with van der Waals surface area (Å²) in [6.45, 7) is 17.8. The van der Waals surface area contributed by atoms with Crippen LogP contribution in [0.1, 0.15) is 124 Å². The number of rotatable bonds is 9. The summed E-state index contributed by atoms with van der Waals surface area (Å²) < 4.78 is 22.3. The highest BCUT2D eigenvalue weighted by Gasteiger charge is 2.22. The number of unbranched alkanes of at least 4 members (excludes halogenated alkanes) is 5. The van der Waals surface area contributed by atoms with Gasteiger partial charge in [0.05, 0.1) is 0 Å². The van der Waals surface area contributed by atoms with Crippen LogP contribution >= 0.6 is 0 Å². The van der Waals surface area contributed by atoms with Crippen molar-refractivity contribution in [2.75, 3.05) is 19.6 Å². The highest BCUT2D eigenvalue weighted by Crippen LogP contribution is 2.22. The van der Waals surface area contributed by atoms with Gasteiger partial charge in [0.25, 0.3) is 0 Å². The molecule has 1 heterocycles. The van der Waals surface area contributed by atoms with Crippen molar-refractivity contribution in [3.63, 3.8) is 0 Å². The number of amides is 5. The topological polar surface area (TPSA) is 181 Å². The molecule has 0 atom stereocenters. The van der Waals surface area contributed by atoms with Crippen molar-refractivity contribution in [3.8, 4) is 5.75 Å². The summed E-state index contributed by atoms with van der Waals surface area (Å²) in [5.74, 6) is 0.643. The van der Waals surface area contributed by atoms with Crippen molar-refractivity contribution in [1.29, 1.82) is 0 Å². The Hall–Kier alpha value is -5.34. The maximum Gasteiger partial charge on any atom is 0.437 e. The number of aryl methyl sites for hydroxylation is 1. The summed E-state index contributed by atoms with van der Waals surface area (Å²) in [5.41, 5.74) is 0.860. The third-order valence-electron chi connectivity index (χ3n) is 8.27. The molecule has 0 bridgehead atoms. The van der Waals surface area contributed by atoms with Crippen LogP contribution in [0.2, 0.25) is 0 Å². The van der Waals surface area contributed by atoms with Crippen molar-refractivity contribution in [1.82, 2.24) is 26.2 Å². The van der Waals surface area contributed by atoms with Gasteiger partial charge in [0, 0.05) is 31.7 Å². The van der Waals surface area contributed by atoms with Crippen molar-refractivity contribution >= 4 is 36.2 Å². The molecule has 0 fully saturated rings. The molecule has 0 saturated carbocycles. The first kappa shape index (κ1) is 47.0. The van der Waals surface area contributed by atoms with Gasteiger partial charge in [0.2, 0.25) is 11.9 Å². The van der Waals surface area contributed by atoms with E-state index in [1.54, 1.807) is 67.2 Å². The first-order valence-corrected chi connectivity index (χ1v) is 20.2. The number of alkyl carbamates (subject to hydrolysis) is 1. The van der Waals surface area contributed by atoms with Gasteiger partial charge < -0.3 is 34.5 Å². The van der Waals surface area contributed by atoms with Crippen LogP contribution in [0.15, 0.2) is 58.5 Å². The first-order valence-electron chi connectivity index (χ1n) is 20.2. The van der Waals surface area contributed by atoms with Crippen molar-refractivity contribution in [2.24, 2.45) is 9.98 Å². The number of carbonyl (C=O) groups is 4. The van der Waals surface area contributed by atoms with E-state index < -0.39 is 35.1 Å². The summed E-state index contributed by atoms with van der Waals surface area (Å²) >= 11 is 0. The predicted octanol–water partition coefficient (Wildman–Crippen LogP) is 8.35. The fraction of sp³-hybridized carbons (Fsp3) is 0.581. The average Bonchev–Trinajstić information content (AvgIpc) is 3.09. The Bertz CT molecular complexity index is 1720. The van der Waals surface area contributed by atoms with Crippen LogP contribution < -0.4 is 26.0 Å². The van der Waals surface area contributed by atoms with E-state index in [4.69, 9.17) is 18.9 Å². The second-order valence-corrected chi connectivity index (χ2v) is 17.1. The van der Waals surface area contributed by atoms with Gasteiger partial charge in [-0.25, -0.2) is 19.2 Å². The van der Waals surface area contributed by atoms with E-state index in [0.29, 0.717) is 32.0 Å². The van der Waals surface area contributed by atoms with Gasteiger partial charge in [-0.2, -0.15) is 0 Å². The minimum absolute atomic E-state index is 0.00795. The van der Waals surface area contributed by atoms with Crippen LogP contribution in [0.4, 0.5) is 19.2 Å². The third kappa shape index (κ3) is 19.7. The van der Waals surface area contributed by atoms with E-state index in [1.165, 1.54) is 5.56 Å². The van der Waals surface area contributed by atoms with Gasteiger partial charge in [0.15, 0.2) is 0 Å². The largest absolute Gasteiger partial charge is 0.489 e. The molecule has 0 spiro atoms. The number of benzene rings is 2. The van der Waals surface area contributed by atoms with Crippen molar-refractivity contribution in [3.05, 3.63) is 65.2 Å². The number of nitrogens with one attached hydrogen (secondary N) is 4. The lowest BCUT2D eigenvalue weighted by molar-refractivity contribution is 0.0556. The Kier molecular flexibility index (Phi) is 18.3. The molecule has 5 amide bonds. The van der Waals surface area contributed by atoms with Crippen molar-refractivity contribution in [2.45, 2.75) is 144 Å². The van der Waals surface area contributed by atoms with Gasteiger partial charge in [-0.1, -0.05) is 68.1 Å².